The summed E-state index contributed by atoms with van der Waals surface area (Å²) >= 11 is 0. The van der Waals surface area contributed by atoms with Gasteiger partial charge in [0.2, 0.25) is 0 Å². The standard InChI is InChI=1S/C9H12O.C4H6O/c1-3-5-8-6-7-10-9(8)4-2;5-3-4-1-2-4/h3-5H,1,6-7H2,2H3;3-4H,1-2H2/b8-5-,9-4+;. The summed E-state index contributed by atoms with van der Waals surface area (Å²) in [6, 6.07) is 0. The number of carbonyl (C=O) groups is 1. The summed E-state index contributed by atoms with van der Waals surface area (Å²) in [5.74, 6) is 1.47. The molecule has 2 heteroatoms. The minimum atomic E-state index is 0.454. The molecule has 2 aliphatic rings. The van der Waals surface area contributed by atoms with Gasteiger partial charge in [-0.1, -0.05) is 18.7 Å². The molecule has 1 heterocycles. The maximum atomic E-state index is 9.57. The van der Waals surface area contributed by atoms with Crippen LogP contribution in [0.25, 0.3) is 0 Å². The SMILES string of the molecule is C=C/C=C1/CCO/C1=C/C.O=CC1CC1. The molecule has 0 amide bonds. The van der Waals surface area contributed by atoms with E-state index in [2.05, 4.69) is 6.58 Å². The molecule has 0 bridgehead atoms. The van der Waals surface area contributed by atoms with Crippen molar-refractivity contribution in [2.24, 2.45) is 5.92 Å². The third-order valence-corrected chi connectivity index (χ3v) is 2.34. The average Bonchev–Trinajstić information content (AvgIpc) is 3.00. The van der Waals surface area contributed by atoms with E-state index in [9.17, 15) is 4.79 Å². The van der Waals surface area contributed by atoms with E-state index in [0.29, 0.717) is 5.92 Å². The van der Waals surface area contributed by atoms with Crippen molar-refractivity contribution in [1.82, 2.24) is 0 Å². The van der Waals surface area contributed by atoms with Gasteiger partial charge in [-0.3, -0.25) is 0 Å². The predicted molar refractivity (Wildman–Crippen MR) is 61.4 cm³/mol. The van der Waals surface area contributed by atoms with Crippen LogP contribution >= 0.6 is 0 Å². The van der Waals surface area contributed by atoms with E-state index in [0.717, 1.165) is 37.9 Å². The second-order valence-electron chi connectivity index (χ2n) is 3.65. The monoisotopic (exact) mass is 206 g/mol. The third kappa shape index (κ3) is 4.15. The molecule has 0 radical (unpaired) electrons. The number of hydrogen-bond acceptors (Lipinski definition) is 2. The van der Waals surface area contributed by atoms with Crippen molar-refractivity contribution in [3.63, 3.8) is 0 Å². The van der Waals surface area contributed by atoms with Crippen LogP contribution in [0.5, 0.6) is 0 Å². The van der Waals surface area contributed by atoms with Crippen LogP contribution in [0.3, 0.4) is 0 Å². The number of ether oxygens (including phenoxy) is 1. The normalized spacial score (nSPS) is 24.3. The summed E-state index contributed by atoms with van der Waals surface area (Å²) in [6.07, 6.45) is 10.1. The summed E-state index contributed by atoms with van der Waals surface area (Å²) in [5.41, 5.74) is 1.26. The number of carbonyl (C=O) groups excluding carboxylic acids is 1. The van der Waals surface area contributed by atoms with Crippen LogP contribution in [0, 0.1) is 5.92 Å². The number of aldehydes is 1. The molecule has 0 unspecified atom stereocenters. The van der Waals surface area contributed by atoms with Crippen molar-refractivity contribution < 1.29 is 9.53 Å². The maximum Gasteiger partial charge on any atom is 0.123 e. The summed E-state index contributed by atoms with van der Waals surface area (Å²) in [6.45, 7) is 6.44. The van der Waals surface area contributed by atoms with E-state index in [1.54, 1.807) is 6.08 Å². The summed E-state index contributed by atoms with van der Waals surface area (Å²) in [4.78, 5) is 9.57. The lowest BCUT2D eigenvalue weighted by atomic mass is 10.2. The van der Waals surface area contributed by atoms with Gasteiger partial charge in [-0.2, -0.15) is 0 Å². The zero-order valence-electron chi connectivity index (χ0n) is 9.24. The van der Waals surface area contributed by atoms with Gasteiger partial charge in [0, 0.05) is 12.3 Å². The van der Waals surface area contributed by atoms with E-state index in [1.165, 1.54) is 5.57 Å². The zero-order valence-corrected chi connectivity index (χ0v) is 9.24. The Morgan fingerprint density at radius 1 is 1.47 bits per heavy atom. The fraction of sp³-hybridized carbons (Fsp3) is 0.462. The molecule has 0 aromatic rings. The van der Waals surface area contributed by atoms with Crippen molar-refractivity contribution in [2.75, 3.05) is 6.61 Å². The molecule has 0 atom stereocenters. The minimum absolute atomic E-state index is 0.454. The van der Waals surface area contributed by atoms with Crippen LogP contribution in [-0.2, 0) is 9.53 Å². The van der Waals surface area contributed by atoms with Crippen molar-refractivity contribution in [3.05, 3.63) is 36.1 Å². The van der Waals surface area contributed by atoms with Crippen LogP contribution in [0.2, 0.25) is 0 Å². The van der Waals surface area contributed by atoms with Gasteiger partial charge < -0.3 is 9.53 Å². The Morgan fingerprint density at radius 2 is 2.20 bits per heavy atom. The lowest BCUT2D eigenvalue weighted by Crippen LogP contribution is -1.78. The Labute approximate surface area is 91.3 Å². The lowest BCUT2D eigenvalue weighted by molar-refractivity contribution is -0.108. The van der Waals surface area contributed by atoms with Gasteiger partial charge in [-0.15, -0.1) is 0 Å². The molecule has 2 rings (SSSR count). The van der Waals surface area contributed by atoms with E-state index in [4.69, 9.17) is 4.74 Å². The summed E-state index contributed by atoms with van der Waals surface area (Å²) < 4.78 is 5.31. The fourth-order valence-electron chi connectivity index (χ4n) is 1.30. The molecular weight excluding hydrogens is 188 g/mol. The highest BCUT2D eigenvalue weighted by Crippen LogP contribution is 2.25. The van der Waals surface area contributed by atoms with Gasteiger partial charge >= 0.3 is 0 Å². The zero-order chi connectivity index (χ0) is 11.1. The molecule has 1 saturated heterocycles. The third-order valence-electron chi connectivity index (χ3n) is 2.34. The summed E-state index contributed by atoms with van der Waals surface area (Å²) in [5, 5.41) is 0. The van der Waals surface area contributed by atoms with Gasteiger partial charge in [0.05, 0.1) is 6.61 Å². The summed E-state index contributed by atoms with van der Waals surface area (Å²) in [7, 11) is 0. The van der Waals surface area contributed by atoms with Gasteiger partial charge in [0.25, 0.3) is 0 Å². The second-order valence-corrected chi connectivity index (χ2v) is 3.65. The molecule has 0 N–H and O–H groups in total. The quantitative estimate of drug-likeness (QED) is 0.649. The molecule has 2 fully saturated rings. The average molecular weight is 206 g/mol. The Morgan fingerprint density at radius 3 is 2.60 bits per heavy atom. The first-order valence-electron chi connectivity index (χ1n) is 5.38. The van der Waals surface area contributed by atoms with E-state index in [1.807, 2.05) is 19.1 Å². The van der Waals surface area contributed by atoms with E-state index >= 15 is 0 Å². The smallest absolute Gasteiger partial charge is 0.123 e. The van der Waals surface area contributed by atoms with Crippen LogP contribution in [-0.4, -0.2) is 12.9 Å². The first-order valence-corrected chi connectivity index (χ1v) is 5.38. The number of allylic oxidation sites excluding steroid dienone is 4. The highest BCUT2D eigenvalue weighted by molar-refractivity contribution is 5.56. The van der Waals surface area contributed by atoms with Crippen LogP contribution in [0.15, 0.2) is 36.1 Å². The molecule has 0 aromatic heterocycles. The molecule has 1 saturated carbocycles. The second kappa shape index (κ2) is 6.23. The number of rotatable bonds is 2. The van der Waals surface area contributed by atoms with Gasteiger partial charge in [0.1, 0.15) is 12.0 Å². The Bertz CT molecular complexity index is 283. The Hall–Kier alpha value is -1.31. The van der Waals surface area contributed by atoms with Gasteiger partial charge in [-0.25, -0.2) is 0 Å². The van der Waals surface area contributed by atoms with Gasteiger partial charge in [0.15, 0.2) is 0 Å². The first-order chi connectivity index (χ1) is 7.31. The van der Waals surface area contributed by atoms with Crippen molar-refractivity contribution in [1.29, 1.82) is 0 Å². The molecule has 2 nitrogen and oxygen atoms in total. The van der Waals surface area contributed by atoms with E-state index < -0.39 is 0 Å². The molecule has 0 aromatic carbocycles. The molecule has 1 aliphatic carbocycles. The Balaban J connectivity index is 0.000000187. The van der Waals surface area contributed by atoms with Gasteiger partial charge in [-0.05, 0) is 31.4 Å². The molecule has 0 spiro atoms. The highest BCUT2D eigenvalue weighted by atomic mass is 16.5. The topological polar surface area (TPSA) is 26.3 Å². The van der Waals surface area contributed by atoms with Crippen molar-refractivity contribution in [2.45, 2.75) is 26.2 Å². The highest BCUT2D eigenvalue weighted by Gasteiger charge is 2.18. The molecule has 82 valence electrons. The maximum absolute atomic E-state index is 9.57. The minimum Gasteiger partial charge on any atom is -0.493 e. The van der Waals surface area contributed by atoms with Crippen LogP contribution < -0.4 is 0 Å². The first kappa shape index (κ1) is 11.8. The lowest BCUT2D eigenvalue weighted by Gasteiger charge is -1.95. The fourth-order valence-corrected chi connectivity index (χ4v) is 1.30. The Kier molecular flexibility index (Phi) is 4.88. The largest absolute Gasteiger partial charge is 0.493 e. The molecular formula is C13H18O2. The van der Waals surface area contributed by atoms with Crippen LogP contribution in [0.4, 0.5) is 0 Å². The van der Waals surface area contributed by atoms with E-state index in [-0.39, 0.29) is 0 Å². The van der Waals surface area contributed by atoms with Crippen LogP contribution in [0.1, 0.15) is 26.2 Å². The van der Waals surface area contributed by atoms with Crippen molar-refractivity contribution >= 4 is 6.29 Å². The molecule has 15 heavy (non-hydrogen) atoms. The van der Waals surface area contributed by atoms with Crippen molar-refractivity contribution in [3.8, 4) is 0 Å². The predicted octanol–water partition coefficient (Wildman–Crippen LogP) is 3.02. The number of hydrogen-bond donors (Lipinski definition) is 0. The molecule has 1 aliphatic heterocycles.